The summed E-state index contributed by atoms with van der Waals surface area (Å²) >= 11 is 3.56. The third-order valence-electron chi connectivity index (χ3n) is 5.12. The molecule has 3 heteroatoms. The third kappa shape index (κ3) is 2.62. The zero-order valence-electron chi connectivity index (χ0n) is 12.6. The number of hydrogen-bond donors (Lipinski definition) is 1. The normalized spacial score (nSPS) is 26.9. The van der Waals surface area contributed by atoms with Gasteiger partial charge in [0.25, 0.3) is 0 Å². The van der Waals surface area contributed by atoms with Crippen LogP contribution in [0.2, 0.25) is 0 Å². The van der Waals surface area contributed by atoms with E-state index in [2.05, 4.69) is 60.3 Å². The number of rotatable bonds is 1. The molecular weight excluding hydrogens is 314 g/mol. The van der Waals surface area contributed by atoms with Crippen LogP contribution in [-0.2, 0) is 0 Å². The predicted molar refractivity (Wildman–Crippen MR) is 86.2 cm³/mol. The van der Waals surface area contributed by atoms with Gasteiger partial charge in [0.1, 0.15) is 11.4 Å². The molecule has 1 saturated carbocycles. The van der Waals surface area contributed by atoms with E-state index < -0.39 is 0 Å². The number of nitrogens with one attached hydrogen (secondary N) is 1. The largest absolute Gasteiger partial charge is 0.487 e. The predicted octanol–water partition coefficient (Wildman–Crippen LogP) is 4.83. The van der Waals surface area contributed by atoms with Crippen LogP contribution in [0, 0.1) is 5.41 Å². The standard InChI is InChI=1S/C17H24BrNO/c1-16(2)6-8-17(9-7-16)11-14(19-3)13-5-4-12(18)10-15(13)20-17/h4-5,10,14,19H,6-9,11H2,1-3H3. The van der Waals surface area contributed by atoms with Gasteiger partial charge in [0.15, 0.2) is 0 Å². The quantitative estimate of drug-likeness (QED) is 0.792. The molecular formula is C17H24BrNO. The maximum Gasteiger partial charge on any atom is 0.126 e. The van der Waals surface area contributed by atoms with E-state index in [0.29, 0.717) is 11.5 Å². The molecule has 1 heterocycles. The number of benzene rings is 1. The van der Waals surface area contributed by atoms with Gasteiger partial charge >= 0.3 is 0 Å². The van der Waals surface area contributed by atoms with Crippen LogP contribution in [0.4, 0.5) is 0 Å². The summed E-state index contributed by atoms with van der Waals surface area (Å²) in [4.78, 5) is 0. The first-order valence-corrected chi connectivity index (χ1v) is 8.38. The van der Waals surface area contributed by atoms with E-state index in [1.54, 1.807) is 0 Å². The van der Waals surface area contributed by atoms with Gasteiger partial charge < -0.3 is 10.1 Å². The zero-order chi connectivity index (χ0) is 14.4. The van der Waals surface area contributed by atoms with Crippen molar-refractivity contribution in [2.45, 2.75) is 57.6 Å². The molecule has 3 rings (SSSR count). The summed E-state index contributed by atoms with van der Waals surface area (Å²) in [5.41, 5.74) is 1.81. The summed E-state index contributed by atoms with van der Waals surface area (Å²) in [7, 11) is 2.06. The summed E-state index contributed by atoms with van der Waals surface area (Å²) < 4.78 is 7.59. The highest BCUT2D eigenvalue weighted by molar-refractivity contribution is 9.10. The Balaban J connectivity index is 1.90. The number of fused-ring (bicyclic) bond motifs is 1. The first kappa shape index (κ1) is 14.4. The minimum atomic E-state index is 0.0387. The highest BCUT2D eigenvalue weighted by Crippen LogP contribution is 2.50. The van der Waals surface area contributed by atoms with Gasteiger partial charge in [-0.3, -0.25) is 0 Å². The van der Waals surface area contributed by atoms with Crippen molar-refractivity contribution in [2.75, 3.05) is 7.05 Å². The molecule has 1 atom stereocenters. The average molecular weight is 338 g/mol. The summed E-state index contributed by atoms with van der Waals surface area (Å²) in [5.74, 6) is 1.06. The molecule has 0 radical (unpaired) electrons. The Morgan fingerprint density at radius 2 is 1.90 bits per heavy atom. The second-order valence-electron chi connectivity index (χ2n) is 7.18. The lowest BCUT2D eigenvalue weighted by molar-refractivity contribution is -0.0289. The van der Waals surface area contributed by atoms with Gasteiger partial charge in [0.05, 0.1) is 0 Å². The molecule has 0 aromatic heterocycles. The lowest BCUT2D eigenvalue weighted by Gasteiger charge is -2.48. The molecule has 1 aliphatic heterocycles. The van der Waals surface area contributed by atoms with Gasteiger partial charge in [-0.1, -0.05) is 35.8 Å². The monoisotopic (exact) mass is 337 g/mol. The summed E-state index contributed by atoms with van der Waals surface area (Å²) in [6.07, 6.45) is 5.95. The number of hydrogen-bond acceptors (Lipinski definition) is 2. The SMILES string of the molecule is CNC1CC2(CCC(C)(C)CC2)Oc2cc(Br)ccc21. The molecule has 20 heavy (non-hydrogen) atoms. The van der Waals surface area contributed by atoms with Gasteiger partial charge in [-0.05, 0) is 50.3 Å². The highest BCUT2D eigenvalue weighted by Gasteiger charge is 2.44. The molecule has 1 aliphatic carbocycles. The van der Waals surface area contributed by atoms with Crippen LogP contribution in [0.25, 0.3) is 0 Å². The Morgan fingerprint density at radius 3 is 2.55 bits per heavy atom. The van der Waals surface area contributed by atoms with Crippen molar-refractivity contribution in [3.8, 4) is 5.75 Å². The van der Waals surface area contributed by atoms with Gasteiger partial charge in [0, 0.05) is 22.5 Å². The second-order valence-corrected chi connectivity index (χ2v) is 8.09. The van der Waals surface area contributed by atoms with Crippen molar-refractivity contribution in [2.24, 2.45) is 5.41 Å². The molecule has 0 bridgehead atoms. The maximum atomic E-state index is 6.50. The van der Waals surface area contributed by atoms with E-state index >= 15 is 0 Å². The van der Waals surface area contributed by atoms with Crippen LogP contribution in [0.15, 0.2) is 22.7 Å². The molecule has 1 N–H and O–H groups in total. The molecule has 1 aromatic rings. The first-order valence-electron chi connectivity index (χ1n) is 7.59. The lowest BCUT2D eigenvalue weighted by atomic mass is 9.68. The Morgan fingerprint density at radius 1 is 1.20 bits per heavy atom. The molecule has 1 spiro atoms. The molecule has 2 nitrogen and oxygen atoms in total. The fourth-order valence-electron chi connectivity index (χ4n) is 3.59. The van der Waals surface area contributed by atoms with Crippen molar-refractivity contribution in [3.63, 3.8) is 0 Å². The number of halogens is 1. The van der Waals surface area contributed by atoms with Gasteiger partial charge in [-0.2, -0.15) is 0 Å². The van der Waals surface area contributed by atoms with Crippen LogP contribution < -0.4 is 10.1 Å². The second kappa shape index (κ2) is 5.03. The Kier molecular flexibility index (Phi) is 3.62. The fourth-order valence-corrected chi connectivity index (χ4v) is 3.93. The number of ether oxygens (including phenoxy) is 1. The van der Waals surface area contributed by atoms with Crippen LogP contribution in [0.1, 0.15) is 57.6 Å². The Bertz CT molecular complexity index is 502. The molecule has 2 aliphatic rings. The third-order valence-corrected chi connectivity index (χ3v) is 5.61. The van der Waals surface area contributed by atoms with E-state index in [0.717, 1.165) is 16.6 Å². The summed E-state index contributed by atoms with van der Waals surface area (Å²) in [6, 6.07) is 6.82. The Hall–Kier alpha value is -0.540. The van der Waals surface area contributed by atoms with E-state index in [9.17, 15) is 0 Å². The van der Waals surface area contributed by atoms with Crippen molar-refractivity contribution in [1.82, 2.24) is 5.32 Å². The van der Waals surface area contributed by atoms with Crippen LogP contribution in [0.3, 0.4) is 0 Å². The van der Waals surface area contributed by atoms with E-state index in [-0.39, 0.29) is 5.60 Å². The molecule has 110 valence electrons. The minimum Gasteiger partial charge on any atom is -0.487 e. The van der Waals surface area contributed by atoms with Crippen molar-refractivity contribution < 1.29 is 4.74 Å². The topological polar surface area (TPSA) is 21.3 Å². The summed E-state index contributed by atoms with van der Waals surface area (Å²) in [6.45, 7) is 4.76. The first-order chi connectivity index (χ1) is 9.43. The highest BCUT2D eigenvalue weighted by atomic mass is 79.9. The fraction of sp³-hybridized carbons (Fsp3) is 0.647. The van der Waals surface area contributed by atoms with Crippen LogP contribution >= 0.6 is 15.9 Å². The minimum absolute atomic E-state index is 0.0387. The molecule has 1 unspecified atom stereocenters. The van der Waals surface area contributed by atoms with Crippen molar-refractivity contribution in [1.29, 1.82) is 0 Å². The summed E-state index contributed by atoms with van der Waals surface area (Å²) in [5, 5.41) is 3.48. The average Bonchev–Trinajstić information content (AvgIpc) is 2.41. The van der Waals surface area contributed by atoms with E-state index in [1.807, 2.05) is 0 Å². The Labute approximate surface area is 130 Å². The smallest absolute Gasteiger partial charge is 0.126 e. The maximum absolute atomic E-state index is 6.50. The van der Waals surface area contributed by atoms with Crippen molar-refractivity contribution in [3.05, 3.63) is 28.2 Å². The lowest BCUT2D eigenvalue weighted by Crippen LogP contribution is -2.47. The van der Waals surface area contributed by atoms with Gasteiger partial charge in [-0.15, -0.1) is 0 Å². The molecule has 0 amide bonds. The van der Waals surface area contributed by atoms with Crippen molar-refractivity contribution >= 4 is 15.9 Å². The van der Waals surface area contributed by atoms with Gasteiger partial charge in [0.2, 0.25) is 0 Å². The van der Waals surface area contributed by atoms with Crippen LogP contribution in [0.5, 0.6) is 5.75 Å². The zero-order valence-corrected chi connectivity index (χ0v) is 14.2. The molecule has 1 aromatic carbocycles. The van der Waals surface area contributed by atoms with E-state index in [4.69, 9.17) is 4.74 Å². The molecule has 0 saturated heterocycles. The van der Waals surface area contributed by atoms with E-state index in [1.165, 1.54) is 31.2 Å². The van der Waals surface area contributed by atoms with Crippen LogP contribution in [-0.4, -0.2) is 12.6 Å². The van der Waals surface area contributed by atoms with Gasteiger partial charge in [-0.25, -0.2) is 0 Å². The molecule has 1 fully saturated rings.